The maximum Gasteiger partial charge on any atom is 0.233 e. The van der Waals surface area contributed by atoms with Gasteiger partial charge >= 0.3 is 0 Å². The predicted octanol–water partition coefficient (Wildman–Crippen LogP) is 3.87. The SMILES string of the molecule is O=C(N1CCC(C2OCCO2)CC1)C1(c2ccc(Br)cc2)CCCC1. The van der Waals surface area contributed by atoms with E-state index in [4.69, 9.17) is 9.47 Å². The summed E-state index contributed by atoms with van der Waals surface area (Å²) in [5.74, 6) is 0.762. The molecule has 2 aliphatic heterocycles. The highest BCUT2D eigenvalue weighted by Gasteiger charge is 2.45. The van der Waals surface area contributed by atoms with E-state index in [2.05, 4.69) is 45.1 Å². The monoisotopic (exact) mass is 407 g/mol. The van der Waals surface area contributed by atoms with Crippen LogP contribution in [-0.4, -0.2) is 43.4 Å². The molecular formula is C20H26BrNO3. The van der Waals surface area contributed by atoms with Gasteiger partial charge in [0.25, 0.3) is 0 Å². The minimum absolute atomic E-state index is 0.0517. The molecule has 4 rings (SSSR count). The summed E-state index contributed by atoms with van der Waals surface area (Å²) in [5, 5.41) is 0. The van der Waals surface area contributed by atoms with Gasteiger partial charge in [-0.1, -0.05) is 40.9 Å². The van der Waals surface area contributed by atoms with Crippen LogP contribution in [0.1, 0.15) is 44.1 Å². The third-order valence-electron chi connectivity index (χ3n) is 6.12. The highest BCUT2D eigenvalue weighted by molar-refractivity contribution is 9.10. The Balaban J connectivity index is 1.47. The quantitative estimate of drug-likeness (QED) is 0.762. The summed E-state index contributed by atoms with van der Waals surface area (Å²) in [5.41, 5.74) is 0.872. The number of carbonyl (C=O) groups excluding carboxylic acids is 1. The number of amides is 1. The molecule has 0 N–H and O–H groups in total. The van der Waals surface area contributed by atoms with E-state index in [1.54, 1.807) is 0 Å². The van der Waals surface area contributed by atoms with Crippen LogP contribution >= 0.6 is 15.9 Å². The molecule has 4 nitrogen and oxygen atoms in total. The van der Waals surface area contributed by atoms with E-state index in [1.165, 1.54) is 5.56 Å². The van der Waals surface area contributed by atoms with Gasteiger partial charge in [-0.15, -0.1) is 0 Å². The lowest BCUT2D eigenvalue weighted by molar-refractivity contribution is -0.142. The molecule has 0 bridgehead atoms. The van der Waals surface area contributed by atoms with Crippen LogP contribution in [0.15, 0.2) is 28.7 Å². The average Bonchev–Trinajstić information content (AvgIpc) is 3.34. The first-order valence-electron chi connectivity index (χ1n) is 9.48. The summed E-state index contributed by atoms with van der Waals surface area (Å²) in [6.07, 6.45) is 6.14. The maximum absolute atomic E-state index is 13.5. The zero-order chi connectivity index (χ0) is 17.3. The predicted molar refractivity (Wildman–Crippen MR) is 99.3 cm³/mol. The Hall–Kier alpha value is -0.910. The summed E-state index contributed by atoms with van der Waals surface area (Å²) in [4.78, 5) is 15.6. The molecule has 5 heteroatoms. The van der Waals surface area contributed by atoms with E-state index in [9.17, 15) is 4.79 Å². The summed E-state index contributed by atoms with van der Waals surface area (Å²) in [6.45, 7) is 3.06. The highest BCUT2D eigenvalue weighted by atomic mass is 79.9. The van der Waals surface area contributed by atoms with Crippen molar-refractivity contribution in [3.05, 3.63) is 34.3 Å². The molecule has 1 saturated carbocycles. The second kappa shape index (κ2) is 7.37. The van der Waals surface area contributed by atoms with E-state index in [-0.39, 0.29) is 11.7 Å². The average molecular weight is 408 g/mol. The summed E-state index contributed by atoms with van der Waals surface area (Å²) < 4.78 is 12.4. The van der Waals surface area contributed by atoms with Crippen molar-refractivity contribution < 1.29 is 14.3 Å². The van der Waals surface area contributed by atoms with Crippen LogP contribution in [0.2, 0.25) is 0 Å². The lowest BCUT2D eigenvalue weighted by Crippen LogP contribution is -2.49. The number of ether oxygens (including phenoxy) is 2. The van der Waals surface area contributed by atoms with Crippen molar-refractivity contribution in [1.29, 1.82) is 0 Å². The smallest absolute Gasteiger partial charge is 0.233 e. The molecule has 2 saturated heterocycles. The fourth-order valence-electron chi connectivity index (χ4n) is 4.70. The van der Waals surface area contributed by atoms with Gasteiger partial charge in [-0.2, -0.15) is 0 Å². The molecule has 0 spiro atoms. The Kier molecular flexibility index (Phi) is 5.16. The van der Waals surface area contributed by atoms with E-state index >= 15 is 0 Å². The number of rotatable bonds is 3. The number of hydrogen-bond acceptors (Lipinski definition) is 3. The van der Waals surface area contributed by atoms with E-state index in [0.29, 0.717) is 25.0 Å². The fraction of sp³-hybridized carbons (Fsp3) is 0.650. The van der Waals surface area contributed by atoms with Crippen molar-refractivity contribution in [2.45, 2.75) is 50.2 Å². The van der Waals surface area contributed by atoms with Gasteiger partial charge in [0.15, 0.2) is 6.29 Å². The molecule has 0 aromatic heterocycles. The maximum atomic E-state index is 13.5. The van der Waals surface area contributed by atoms with Gasteiger partial charge < -0.3 is 14.4 Å². The molecule has 25 heavy (non-hydrogen) atoms. The van der Waals surface area contributed by atoms with Crippen molar-refractivity contribution in [2.75, 3.05) is 26.3 Å². The Morgan fingerprint density at radius 1 is 1.04 bits per heavy atom. The molecule has 3 fully saturated rings. The van der Waals surface area contributed by atoms with Crippen LogP contribution < -0.4 is 0 Å². The van der Waals surface area contributed by atoms with Gasteiger partial charge in [0.05, 0.1) is 18.6 Å². The Morgan fingerprint density at radius 2 is 1.64 bits per heavy atom. The third-order valence-corrected chi connectivity index (χ3v) is 6.65. The van der Waals surface area contributed by atoms with Crippen LogP contribution in [-0.2, 0) is 19.7 Å². The standard InChI is InChI=1S/C20H26BrNO3/c21-17-5-3-16(4-6-17)20(9-1-2-10-20)19(23)22-11-7-15(8-12-22)18-24-13-14-25-18/h3-6,15,18H,1-2,7-14H2. The van der Waals surface area contributed by atoms with Gasteiger partial charge in [-0.05, 0) is 43.4 Å². The molecule has 136 valence electrons. The molecule has 2 heterocycles. The third kappa shape index (κ3) is 3.38. The summed E-state index contributed by atoms with van der Waals surface area (Å²) in [6, 6.07) is 8.37. The first-order valence-corrected chi connectivity index (χ1v) is 10.3. The normalized spacial score (nSPS) is 24.8. The van der Waals surface area contributed by atoms with E-state index in [1.807, 2.05) is 0 Å². The highest BCUT2D eigenvalue weighted by Crippen LogP contribution is 2.43. The zero-order valence-electron chi connectivity index (χ0n) is 14.6. The molecule has 1 aliphatic carbocycles. The minimum Gasteiger partial charge on any atom is -0.350 e. The number of likely N-dealkylation sites (tertiary alicyclic amines) is 1. The Bertz CT molecular complexity index is 598. The molecule has 1 amide bonds. The van der Waals surface area contributed by atoms with Gasteiger partial charge in [0, 0.05) is 23.5 Å². The van der Waals surface area contributed by atoms with Crippen LogP contribution in [0.25, 0.3) is 0 Å². The largest absolute Gasteiger partial charge is 0.350 e. The second-order valence-electron chi connectivity index (χ2n) is 7.54. The number of halogens is 1. The van der Waals surface area contributed by atoms with Crippen LogP contribution in [0.5, 0.6) is 0 Å². The summed E-state index contributed by atoms with van der Waals surface area (Å²) >= 11 is 3.51. The number of carbonyl (C=O) groups is 1. The second-order valence-corrected chi connectivity index (χ2v) is 8.45. The van der Waals surface area contributed by atoms with Crippen LogP contribution in [0, 0.1) is 5.92 Å². The van der Waals surface area contributed by atoms with Gasteiger partial charge in [-0.3, -0.25) is 4.79 Å². The molecule has 1 aromatic rings. The van der Waals surface area contributed by atoms with Crippen molar-refractivity contribution in [1.82, 2.24) is 4.90 Å². The van der Waals surface area contributed by atoms with Crippen LogP contribution in [0.3, 0.4) is 0 Å². The number of hydrogen-bond donors (Lipinski definition) is 0. The number of piperidine rings is 1. The lowest BCUT2D eigenvalue weighted by Gasteiger charge is -2.39. The molecule has 1 aromatic carbocycles. The molecule has 0 radical (unpaired) electrons. The summed E-state index contributed by atoms with van der Waals surface area (Å²) in [7, 11) is 0. The Labute approximate surface area is 158 Å². The van der Waals surface area contributed by atoms with Crippen molar-refractivity contribution >= 4 is 21.8 Å². The fourth-order valence-corrected chi connectivity index (χ4v) is 4.96. The minimum atomic E-state index is -0.312. The van der Waals surface area contributed by atoms with Crippen LogP contribution in [0.4, 0.5) is 0 Å². The lowest BCUT2D eigenvalue weighted by atomic mass is 9.77. The number of nitrogens with zero attached hydrogens (tertiary/aromatic N) is 1. The van der Waals surface area contributed by atoms with Crippen molar-refractivity contribution in [3.63, 3.8) is 0 Å². The molecule has 0 atom stereocenters. The number of benzene rings is 1. The van der Waals surface area contributed by atoms with Gasteiger partial charge in [0.2, 0.25) is 5.91 Å². The van der Waals surface area contributed by atoms with Gasteiger partial charge in [0.1, 0.15) is 0 Å². The Morgan fingerprint density at radius 3 is 2.24 bits per heavy atom. The van der Waals surface area contributed by atoms with E-state index in [0.717, 1.165) is 56.1 Å². The molecular weight excluding hydrogens is 382 g/mol. The topological polar surface area (TPSA) is 38.8 Å². The first-order chi connectivity index (χ1) is 12.2. The first kappa shape index (κ1) is 17.5. The zero-order valence-corrected chi connectivity index (χ0v) is 16.2. The molecule has 3 aliphatic rings. The van der Waals surface area contributed by atoms with E-state index < -0.39 is 0 Å². The molecule has 0 unspecified atom stereocenters. The van der Waals surface area contributed by atoms with Crippen molar-refractivity contribution in [2.24, 2.45) is 5.92 Å². The van der Waals surface area contributed by atoms with Crippen molar-refractivity contribution in [3.8, 4) is 0 Å². The van der Waals surface area contributed by atoms with Gasteiger partial charge in [-0.25, -0.2) is 0 Å².